The molecule has 1 aliphatic rings. The molecule has 1 aromatic carbocycles. The summed E-state index contributed by atoms with van der Waals surface area (Å²) in [5, 5.41) is 16.4. The summed E-state index contributed by atoms with van der Waals surface area (Å²) >= 11 is 0. The van der Waals surface area contributed by atoms with Crippen LogP contribution in [0.2, 0.25) is 0 Å². The predicted molar refractivity (Wildman–Crippen MR) is 116 cm³/mol. The van der Waals surface area contributed by atoms with E-state index in [1.165, 1.54) is 19.3 Å². The Hall–Kier alpha value is -2.15. The summed E-state index contributed by atoms with van der Waals surface area (Å²) in [6.07, 6.45) is 6.91. The molecule has 0 atom stereocenters. The molecule has 0 unspecified atom stereocenters. The lowest BCUT2D eigenvalue weighted by atomic mass is 9.72. The van der Waals surface area contributed by atoms with Crippen molar-refractivity contribution < 1.29 is 19.3 Å². The Labute approximate surface area is 174 Å². The van der Waals surface area contributed by atoms with E-state index in [4.69, 9.17) is 19.2 Å². The normalized spacial score (nSPS) is 16.2. The molecule has 1 aliphatic carbocycles. The minimum Gasteiger partial charge on any atom is -0.493 e. The number of hydrogen-bond acceptors (Lipinski definition) is 5. The van der Waals surface area contributed by atoms with E-state index in [0.29, 0.717) is 23.8 Å². The lowest BCUT2D eigenvalue weighted by molar-refractivity contribution is 0.131. The number of aliphatic hydroxyl groups is 1. The molecule has 0 aliphatic heterocycles. The van der Waals surface area contributed by atoms with Gasteiger partial charge in [-0.3, -0.25) is 0 Å². The van der Waals surface area contributed by atoms with Gasteiger partial charge in [-0.05, 0) is 43.7 Å². The van der Waals surface area contributed by atoms with Crippen LogP contribution in [0.5, 0.6) is 17.2 Å². The molecule has 0 bridgehead atoms. The summed E-state index contributed by atoms with van der Waals surface area (Å²) in [6.45, 7) is 4.34. The summed E-state index contributed by atoms with van der Waals surface area (Å²) in [7, 11) is 4.83. The summed E-state index contributed by atoms with van der Waals surface area (Å²) in [5.41, 5.74) is 1.08. The van der Waals surface area contributed by atoms with E-state index in [0.717, 1.165) is 43.9 Å². The molecular weight excluding hydrogens is 370 g/mol. The lowest BCUT2D eigenvalue weighted by Gasteiger charge is -2.37. The van der Waals surface area contributed by atoms with Crippen molar-refractivity contribution in [3.05, 3.63) is 17.7 Å². The zero-order chi connectivity index (χ0) is 21.1. The van der Waals surface area contributed by atoms with Crippen LogP contribution in [0.3, 0.4) is 0 Å². The van der Waals surface area contributed by atoms with Crippen LogP contribution in [0.25, 0.3) is 0 Å². The van der Waals surface area contributed by atoms with Crippen molar-refractivity contribution in [3.63, 3.8) is 0 Å². The minimum atomic E-state index is 0.157. The molecule has 0 spiro atoms. The van der Waals surface area contributed by atoms with E-state index >= 15 is 0 Å². The van der Waals surface area contributed by atoms with E-state index < -0.39 is 0 Å². The van der Waals surface area contributed by atoms with Crippen molar-refractivity contribution in [3.8, 4) is 17.2 Å². The van der Waals surface area contributed by atoms with Crippen LogP contribution in [0, 0.1) is 5.41 Å². The largest absolute Gasteiger partial charge is 0.493 e. The van der Waals surface area contributed by atoms with Crippen molar-refractivity contribution in [1.82, 2.24) is 10.6 Å². The topological polar surface area (TPSA) is 84.3 Å². The molecule has 0 radical (unpaired) electrons. The van der Waals surface area contributed by atoms with Crippen LogP contribution in [-0.4, -0.2) is 52.1 Å². The second-order valence-corrected chi connectivity index (χ2v) is 7.58. The van der Waals surface area contributed by atoms with Crippen molar-refractivity contribution in [2.45, 2.75) is 52.0 Å². The van der Waals surface area contributed by atoms with Gasteiger partial charge < -0.3 is 30.0 Å². The van der Waals surface area contributed by atoms with Gasteiger partial charge in [-0.1, -0.05) is 19.3 Å². The first-order valence-electron chi connectivity index (χ1n) is 10.5. The van der Waals surface area contributed by atoms with Crippen molar-refractivity contribution >= 4 is 5.96 Å². The van der Waals surface area contributed by atoms with Gasteiger partial charge >= 0.3 is 0 Å². The van der Waals surface area contributed by atoms with Crippen LogP contribution in [0.1, 0.15) is 51.0 Å². The van der Waals surface area contributed by atoms with Gasteiger partial charge in [-0.15, -0.1) is 0 Å². The molecule has 7 heteroatoms. The number of benzene rings is 1. The second kappa shape index (κ2) is 11.8. The first-order chi connectivity index (χ1) is 14.1. The zero-order valence-corrected chi connectivity index (χ0v) is 18.3. The molecule has 1 saturated carbocycles. The highest BCUT2D eigenvalue weighted by atomic mass is 16.5. The van der Waals surface area contributed by atoms with E-state index in [1.54, 1.807) is 21.3 Å². The quantitative estimate of drug-likeness (QED) is 0.408. The summed E-state index contributed by atoms with van der Waals surface area (Å²) in [5.74, 6) is 2.61. The van der Waals surface area contributed by atoms with E-state index in [9.17, 15) is 5.11 Å². The highest BCUT2D eigenvalue weighted by Crippen LogP contribution is 2.40. The van der Waals surface area contributed by atoms with Gasteiger partial charge in [0, 0.05) is 25.3 Å². The second-order valence-electron chi connectivity index (χ2n) is 7.58. The molecule has 3 N–H and O–H groups in total. The van der Waals surface area contributed by atoms with Crippen LogP contribution in [0.15, 0.2) is 17.1 Å². The molecule has 29 heavy (non-hydrogen) atoms. The highest BCUT2D eigenvalue weighted by molar-refractivity contribution is 5.79. The Morgan fingerprint density at radius 3 is 2.34 bits per heavy atom. The Bertz CT molecular complexity index is 652. The number of guanidine groups is 1. The van der Waals surface area contributed by atoms with Gasteiger partial charge in [0.25, 0.3) is 0 Å². The third kappa shape index (κ3) is 6.16. The fraction of sp³-hybridized carbons (Fsp3) is 0.682. The first-order valence-corrected chi connectivity index (χ1v) is 10.5. The Morgan fingerprint density at radius 2 is 1.76 bits per heavy atom. The third-order valence-corrected chi connectivity index (χ3v) is 5.72. The molecule has 0 saturated heterocycles. The predicted octanol–water partition coefficient (Wildman–Crippen LogP) is 3.10. The van der Waals surface area contributed by atoms with Gasteiger partial charge in [0.05, 0.1) is 27.9 Å². The molecule has 1 fully saturated rings. The molecule has 0 amide bonds. The maximum atomic E-state index is 9.54. The van der Waals surface area contributed by atoms with Gasteiger partial charge in [0.2, 0.25) is 5.75 Å². The van der Waals surface area contributed by atoms with Crippen LogP contribution in [-0.2, 0) is 6.54 Å². The van der Waals surface area contributed by atoms with Crippen molar-refractivity contribution in [2.75, 3.05) is 41.0 Å². The van der Waals surface area contributed by atoms with Crippen molar-refractivity contribution in [2.24, 2.45) is 10.4 Å². The Kier molecular flexibility index (Phi) is 9.38. The maximum Gasteiger partial charge on any atom is 0.203 e. The van der Waals surface area contributed by atoms with Crippen LogP contribution >= 0.6 is 0 Å². The monoisotopic (exact) mass is 407 g/mol. The summed E-state index contributed by atoms with van der Waals surface area (Å²) < 4.78 is 16.4. The third-order valence-electron chi connectivity index (χ3n) is 5.72. The average Bonchev–Trinajstić information content (AvgIpc) is 2.75. The number of nitrogens with zero attached hydrogens (tertiary/aromatic N) is 1. The molecule has 0 aromatic heterocycles. The molecule has 0 heterocycles. The molecule has 7 nitrogen and oxygen atoms in total. The fourth-order valence-corrected chi connectivity index (χ4v) is 4.12. The molecule has 2 rings (SSSR count). The first kappa shape index (κ1) is 23.1. The number of nitrogens with one attached hydrogen (secondary N) is 2. The van der Waals surface area contributed by atoms with Gasteiger partial charge in [-0.25, -0.2) is 4.99 Å². The fourth-order valence-electron chi connectivity index (χ4n) is 4.12. The summed E-state index contributed by atoms with van der Waals surface area (Å²) in [4.78, 5) is 4.75. The van der Waals surface area contributed by atoms with E-state index in [2.05, 4.69) is 17.6 Å². The van der Waals surface area contributed by atoms with E-state index in [1.807, 2.05) is 12.1 Å². The van der Waals surface area contributed by atoms with Gasteiger partial charge in [0.1, 0.15) is 0 Å². The average molecular weight is 408 g/mol. The standard InChI is InChI=1S/C22H37N3O4/c1-5-23-21(25-16-22(13-14-26)11-7-6-8-12-22)24-15-17-9-10-18(27-2)20(29-4)19(17)28-3/h9-10,26H,5-8,11-16H2,1-4H3,(H2,23,24,25). The minimum absolute atomic E-state index is 0.157. The number of methoxy groups -OCH3 is 3. The Balaban J connectivity index is 2.14. The number of rotatable bonds is 10. The van der Waals surface area contributed by atoms with Crippen LogP contribution < -0.4 is 24.8 Å². The maximum absolute atomic E-state index is 9.54. The smallest absolute Gasteiger partial charge is 0.203 e. The number of hydrogen-bond donors (Lipinski definition) is 3. The van der Waals surface area contributed by atoms with Gasteiger partial charge in [-0.2, -0.15) is 0 Å². The number of aliphatic imine (C=N–C) groups is 1. The summed E-state index contributed by atoms with van der Waals surface area (Å²) in [6, 6.07) is 3.81. The Morgan fingerprint density at radius 1 is 1.03 bits per heavy atom. The highest BCUT2D eigenvalue weighted by Gasteiger charge is 2.31. The zero-order valence-electron chi connectivity index (χ0n) is 18.3. The number of aliphatic hydroxyl groups excluding tert-OH is 1. The number of ether oxygens (including phenoxy) is 3. The van der Waals surface area contributed by atoms with Crippen molar-refractivity contribution in [1.29, 1.82) is 0 Å². The molecule has 1 aromatic rings. The lowest BCUT2D eigenvalue weighted by Crippen LogP contribution is -2.44. The molecular formula is C22H37N3O4. The van der Waals surface area contributed by atoms with Crippen LogP contribution in [0.4, 0.5) is 0 Å². The van der Waals surface area contributed by atoms with E-state index in [-0.39, 0.29) is 12.0 Å². The SMILES string of the molecule is CCNC(=NCc1ccc(OC)c(OC)c1OC)NCC1(CCO)CCCCC1. The molecule has 164 valence electrons. The van der Waals surface area contributed by atoms with Gasteiger partial charge in [0.15, 0.2) is 17.5 Å².